The molecule has 0 saturated carbocycles. The number of nitrogens with zero attached hydrogens (tertiary/aromatic N) is 1. The number of aromatic nitrogens is 1. The minimum atomic E-state index is 0.120. The maximum atomic E-state index is 10.6. The van der Waals surface area contributed by atoms with Crippen molar-refractivity contribution in [2.75, 3.05) is 20.8 Å². The predicted molar refractivity (Wildman–Crippen MR) is 131 cm³/mol. The van der Waals surface area contributed by atoms with Gasteiger partial charge in [-0.05, 0) is 66.5 Å². The standard InChI is InChI=1S/C28H29NO4/c1-4-33-25-13-12-22-21(17-29-18-24(22)28(25)30)14-20-15-26(31-2)23(27(16-20)32-3)11-10-19-8-6-5-7-9-19/h5-9,12-13,15-18,30H,4,10-11,14H2,1-3H3. The number of hydrogen-bond acceptors (Lipinski definition) is 5. The van der Waals surface area contributed by atoms with Gasteiger partial charge >= 0.3 is 0 Å². The van der Waals surface area contributed by atoms with Crippen LogP contribution < -0.4 is 14.2 Å². The molecule has 4 rings (SSSR count). The largest absolute Gasteiger partial charge is 0.504 e. The highest BCUT2D eigenvalue weighted by Crippen LogP contribution is 2.37. The quantitative estimate of drug-likeness (QED) is 0.358. The van der Waals surface area contributed by atoms with Gasteiger partial charge in [-0.1, -0.05) is 36.4 Å². The maximum absolute atomic E-state index is 10.6. The van der Waals surface area contributed by atoms with Crippen LogP contribution in [0.15, 0.2) is 67.0 Å². The highest BCUT2D eigenvalue weighted by atomic mass is 16.5. The first-order chi connectivity index (χ1) is 16.1. The van der Waals surface area contributed by atoms with Gasteiger partial charge in [0, 0.05) is 23.3 Å². The van der Waals surface area contributed by atoms with E-state index in [1.165, 1.54) is 5.56 Å². The third kappa shape index (κ3) is 4.87. The average Bonchev–Trinajstić information content (AvgIpc) is 2.85. The Hall–Kier alpha value is -3.73. The number of aromatic hydroxyl groups is 1. The van der Waals surface area contributed by atoms with Crippen LogP contribution >= 0.6 is 0 Å². The zero-order valence-corrected chi connectivity index (χ0v) is 19.3. The van der Waals surface area contributed by atoms with Crippen LogP contribution in [-0.2, 0) is 19.3 Å². The van der Waals surface area contributed by atoms with Crippen LogP contribution in [0.3, 0.4) is 0 Å². The summed E-state index contributed by atoms with van der Waals surface area (Å²) in [5.41, 5.74) is 4.39. The van der Waals surface area contributed by atoms with E-state index in [0.29, 0.717) is 24.2 Å². The van der Waals surface area contributed by atoms with Crippen LogP contribution in [0, 0.1) is 0 Å². The second-order valence-corrected chi connectivity index (χ2v) is 7.88. The van der Waals surface area contributed by atoms with Gasteiger partial charge in [0.25, 0.3) is 0 Å². The van der Waals surface area contributed by atoms with Crippen LogP contribution in [0.4, 0.5) is 0 Å². The van der Waals surface area contributed by atoms with Gasteiger partial charge in [-0.15, -0.1) is 0 Å². The molecule has 170 valence electrons. The van der Waals surface area contributed by atoms with E-state index in [-0.39, 0.29) is 5.75 Å². The summed E-state index contributed by atoms with van der Waals surface area (Å²) in [5.74, 6) is 2.22. The van der Waals surface area contributed by atoms with Gasteiger partial charge in [0.1, 0.15) is 11.5 Å². The second-order valence-electron chi connectivity index (χ2n) is 7.88. The van der Waals surface area contributed by atoms with Gasteiger partial charge in [0.15, 0.2) is 11.5 Å². The second kappa shape index (κ2) is 10.3. The molecule has 0 aliphatic carbocycles. The minimum Gasteiger partial charge on any atom is -0.504 e. The van der Waals surface area contributed by atoms with Gasteiger partial charge in [-0.2, -0.15) is 0 Å². The lowest BCUT2D eigenvalue weighted by molar-refractivity contribution is 0.320. The summed E-state index contributed by atoms with van der Waals surface area (Å²) in [5, 5.41) is 12.2. The summed E-state index contributed by atoms with van der Waals surface area (Å²) >= 11 is 0. The van der Waals surface area contributed by atoms with Crippen LogP contribution in [0.25, 0.3) is 10.8 Å². The van der Waals surface area contributed by atoms with Crippen LogP contribution in [0.5, 0.6) is 23.0 Å². The summed E-state index contributed by atoms with van der Waals surface area (Å²) in [6.45, 7) is 2.38. The van der Waals surface area contributed by atoms with Crippen molar-refractivity contribution in [3.05, 3.63) is 89.2 Å². The van der Waals surface area contributed by atoms with Gasteiger partial charge in [-0.3, -0.25) is 4.98 Å². The molecule has 0 bridgehead atoms. The molecule has 4 aromatic rings. The number of phenolic OH excluding ortho intramolecular Hbond substituents is 1. The Morgan fingerprint density at radius 1 is 0.788 bits per heavy atom. The number of ether oxygens (including phenoxy) is 3. The first-order valence-corrected chi connectivity index (χ1v) is 11.1. The average molecular weight is 444 g/mol. The summed E-state index contributed by atoms with van der Waals surface area (Å²) < 4.78 is 17.0. The SMILES string of the molecule is CCOc1ccc2c(Cc3cc(OC)c(CCc4ccccc4)c(OC)c3)cncc2c1O. The van der Waals surface area contributed by atoms with Crippen LogP contribution in [0.1, 0.15) is 29.2 Å². The molecule has 0 fully saturated rings. The zero-order chi connectivity index (χ0) is 23.2. The van der Waals surface area contributed by atoms with Crippen molar-refractivity contribution >= 4 is 10.8 Å². The van der Waals surface area contributed by atoms with Crippen molar-refractivity contribution < 1.29 is 19.3 Å². The molecule has 0 aliphatic heterocycles. The van der Waals surface area contributed by atoms with Crippen molar-refractivity contribution in [3.63, 3.8) is 0 Å². The lowest BCUT2D eigenvalue weighted by Gasteiger charge is -2.16. The highest BCUT2D eigenvalue weighted by Gasteiger charge is 2.15. The summed E-state index contributed by atoms with van der Waals surface area (Å²) in [4.78, 5) is 4.36. The van der Waals surface area contributed by atoms with Crippen molar-refractivity contribution in [1.82, 2.24) is 4.98 Å². The van der Waals surface area contributed by atoms with Gasteiger partial charge in [0.05, 0.1) is 20.8 Å². The number of pyridine rings is 1. The first-order valence-electron chi connectivity index (χ1n) is 11.1. The molecule has 0 atom stereocenters. The molecule has 0 amide bonds. The normalized spacial score (nSPS) is 10.9. The van der Waals surface area contributed by atoms with Crippen molar-refractivity contribution in [2.45, 2.75) is 26.2 Å². The summed E-state index contributed by atoms with van der Waals surface area (Å²) in [7, 11) is 3.38. The molecule has 0 saturated heterocycles. The molecular weight excluding hydrogens is 414 g/mol. The fourth-order valence-electron chi connectivity index (χ4n) is 4.20. The molecule has 0 unspecified atom stereocenters. The highest BCUT2D eigenvalue weighted by molar-refractivity contribution is 5.92. The molecule has 0 aliphatic rings. The molecule has 33 heavy (non-hydrogen) atoms. The molecule has 3 aromatic carbocycles. The Kier molecular flexibility index (Phi) is 6.98. The van der Waals surface area contributed by atoms with Crippen molar-refractivity contribution in [3.8, 4) is 23.0 Å². The topological polar surface area (TPSA) is 60.8 Å². The number of methoxy groups -OCH3 is 2. The van der Waals surface area contributed by atoms with E-state index in [0.717, 1.165) is 46.4 Å². The Morgan fingerprint density at radius 2 is 1.52 bits per heavy atom. The van der Waals surface area contributed by atoms with Crippen LogP contribution in [-0.4, -0.2) is 30.9 Å². The molecule has 1 heterocycles. The summed E-state index contributed by atoms with van der Waals surface area (Å²) in [6.07, 6.45) is 5.86. The Morgan fingerprint density at radius 3 is 2.18 bits per heavy atom. The molecule has 0 spiro atoms. The lowest BCUT2D eigenvalue weighted by atomic mass is 9.96. The van der Waals surface area contributed by atoms with Crippen molar-refractivity contribution in [2.24, 2.45) is 0 Å². The van der Waals surface area contributed by atoms with Crippen molar-refractivity contribution in [1.29, 1.82) is 0 Å². The number of rotatable bonds is 9. The molecule has 5 heteroatoms. The Bertz CT molecular complexity index is 1210. The van der Waals surface area contributed by atoms with E-state index in [9.17, 15) is 5.11 Å². The van der Waals surface area contributed by atoms with E-state index in [1.54, 1.807) is 26.5 Å². The number of aryl methyl sites for hydroxylation is 1. The molecule has 0 radical (unpaired) electrons. The Labute approximate surface area is 194 Å². The monoisotopic (exact) mass is 443 g/mol. The van der Waals surface area contributed by atoms with Crippen LogP contribution in [0.2, 0.25) is 0 Å². The Balaban J connectivity index is 1.66. The van der Waals surface area contributed by atoms with E-state index in [2.05, 4.69) is 41.4 Å². The third-order valence-corrected chi connectivity index (χ3v) is 5.83. The zero-order valence-electron chi connectivity index (χ0n) is 19.3. The number of fused-ring (bicyclic) bond motifs is 1. The molecule has 5 nitrogen and oxygen atoms in total. The van der Waals surface area contributed by atoms with E-state index < -0.39 is 0 Å². The van der Waals surface area contributed by atoms with E-state index in [4.69, 9.17) is 14.2 Å². The van der Waals surface area contributed by atoms with E-state index >= 15 is 0 Å². The van der Waals surface area contributed by atoms with E-state index in [1.807, 2.05) is 25.3 Å². The fraction of sp³-hybridized carbons (Fsp3) is 0.250. The molecular formula is C28H29NO4. The number of hydrogen-bond donors (Lipinski definition) is 1. The van der Waals surface area contributed by atoms with Gasteiger partial charge in [0.2, 0.25) is 0 Å². The van der Waals surface area contributed by atoms with Gasteiger partial charge < -0.3 is 19.3 Å². The van der Waals surface area contributed by atoms with Gasteiger partial charge in [-0.25, -0.2) is 0 Å². The predicted octanol–water partition coefficient (Wildman–Crippen LogP) is 5.73. The number of benzene rings is 3. The molecule has 1 aromatic heterocycles. The third-order valence-electron chi connectivity index (χ3n) is 5.83. The smallest absolute Gasteiger partial charge is 0.167 e. The summed E-state index contributed by atoms with van der Waals surface area (Å²) in [6, 6.07) is 18.3. The first kappa shape index (κ1) is 22.5. The lowest BCUT2D eigenvalue weighted by Crippen LogP contribution is -2.02. The molecule has 1 N–H and O–H groups in total. The number of phenols is 1. The maximum Gasteiger partial charge on any atom is 0.167 e. The fourth-order valence-corrected chi connectivity index (χ4v) is 4.20. The minimum absolute atomic E-state index is 0.120.